The van der Waals surface area contributed by atoms with E-state index >= 15 is 0 Å². The van der Waals surface area contributed by atoms with E-state index in [4.69, 9.17) is 4.74 Å². The summed E-state index contributed by atoms with van der Waals surface area (Å²) in [5.41, 5.74) is 0.203. The number of hydrogen-bond donors (Lipinski definition) is 0. The predicted molar refractivity (Wildman–Crippen MR) is 59.5 cm³/mol. The van der Waals surface area contributed by atoms with E-state index in [1.165, 1.54) is 6.20 Å². The van der Waals surface area contributed by atoms with E-state index in [1.807, 2.05) is 0 Å². The first-order chi connectivity index (χ1) is 7.61. The van der Waals surface area contributed by atoms with Crippen LogP contribution in [0.15, 0.2) is 12.4 Å². The van der Waals surface area contributed by atoms with E-state index in [0.717, 1.165) is 6.20 Å². The number of halogens is 1. The second-order valence-electron chi connectivity index (χ2n) is 2.80. The first kappa shape index (κ1) is 12.6. The molecule has 0 N–H and O–H groups in total. The number of ether oxygens (including phenoxy) is 1. The van der Waals surface area contributed by atoms with Crippen LogP contribution in [0.4, 0.5) is 5.69 Å². The van der Waals surface area contributed by atoms with E-state index in [1.54, 1.807) is 6.92 Å². The summed E-state index contributed by atoms with van der Waals surface area (Å²) in [7, 11) is 0. The Morgan fingerprint density at radius 2 is 2.31 bits per heavy atom. The first-order valence-electron chi connectivity index (χ1n) is 4.46. The molecule has 0 aliphatic heterocycles. The van der Waals surface area contributed by atoms with Crippen molar-refractivity contribution in [2.75, 3.05) is 6.61 Å². The fourth-order valence-corrected chi connectivity index (χ4v) is 1.75. The van der Waals surface area contributed by atoms with Gasteiger partial charge in [0.2, 0.25) is 0 Å². The van der Waals surface area contributed by atoms with Crippen LogP contribution in [-0.4, -0.2) is 22.5 Å². The molecule has 0 aromatic carbocycles. The van der Waals surface area contributed by atoms with E-state index in [0.29, 0.717) is 0 Å². The van der Waals surface area contributed by atoms with E-state index in [-0.39, 0.29) is 28.8 Å². The number of alkyl halides is 1. The van der Waals surface area contributed by atoms with Crippen molar-refractivity contribution in [1.82, 2.24) is 4.98 Å². The quantitative estimate of drug-likeness (QED) is 0.367. The van der Waals surface area contributed by atoms with Crippen LogP contribution in [0.5, 0.6) is 0 Å². The third-order valence-corrected chi connectivity index (χ3v) is 2.42. The van der Waals surface area contributed by atoms with Crippen LogP contribution < -0.4 is 0 Å². The largest absolute Gasteiger partial charge is 0.462 e. The monoisotopic (exact) mass is 288 g/mol. The maximum atomic E-state index is 11.5. The summed E-state index contributed by atoms with van der Waals surface area (Å²) < 4.78 is 4.78. The minimum absolute atomic E-state index is 0.118. The Labute approximate surface area is 99.9 Å². The zero-order valence-corrected chi connectivity index (χ0v) is 10.1. The van der Waals surface area contributed by atoms with Crippen LogP contribution >= 0.6 is 15.9 Å². The summed E-state index contributed by atoms with van der Waals surface area (Å²) in [6, 6.07) is 0. The van der Waals surface area contributed by atoms with Crippen LogP contribution in [0.25, 0.3) is 0 Å². The van der Waals surface area contributed by atoms with Crippen molar-refractivity contribution in [3.05, 3.63) is 33.6 Å². The van der Waals surface area contributed by atoms with Crippen molar-refractivity contribution in [1.29, 1.82) is 0 Å². The second kappa shape index (κ2) is 5.55. The van der Waals surface area contributed by atoms with Crippen LogP contribution in [0.1, 0.15) is 22.8 Å². The average molecular weight is 289 g/mol. The van der Waals surface area contributed by atoms with E-state index in [2.05, 4.69) is 20.9 Å². The third-order valence-electron chi connectivity index (χ3n) is 1.86. The Morgan fingerprint density at radius 1 is 1.62 bits per heavy atom. The van der Waals surface area contributed by atoms with Crippen molar-refractivity contribution in [3.63, 3.8) is 0 Å². The molecule has 0 saturated carbocycles. The molecule has 0 bridgehead atoms. The van der Waals surface area contributed by atoms with Crippen LogP contribution in [0.2, 0.25) is 0 Å². The van der Waals surface area contributed by atoms with Gasteiger partial charge in [0.05, 0.1) is 22.7 Å². The molecule has 7 heteroatoms. The standard InChI is InChI=1S/C9H9BrN2O4/c1-2-16-9(13)7-4-11-5-8(12(14)15)6(7)3-10/h4-5H,2-3H2,1H3. The Bertz CT molecular complexity index is 422. The highest BCUT2D eigenvalue weighted by Crippen LogP contribution is 2.24. The molecule has 0 amide bonds. The lowest BCUT2D eigenvalue weighted by Gasteiger charge is -2.05. The third kappa shape index (κ3) is 2.54. The molecule has 0 aliphatic rings. The van der Waals surface area contributed by atoms with Crippen LogP contribution in [0, 0.1) is 10.1 Å². The molecule has 1 aromatic heterocycles. The Kier molecular flexibility index (Phi) is 4.36. The maximum Gasteiger partial charge on any atom is 0.340 e. The SMILES string of the molecule is CCOC(=O)c1cncc([N+](=O)[O-])c1CBr. The van der Waals surface area contributed by atoms with Gasteiger partial charge in [-0.2, -0.15) is 0 Å². The van der Waals surface area contributed by atoms with Gasteiger partial charge in [0.25, 0.3) is 5.69 Å². The van der Waals surface area contributed by atoms with Gasteiger partial charge in [-0.25, -0.2) is 4.79 Å². The van der Waals surface area contributed by atoms with Crippen molar-refractivity contribution >= 4 is 27.6 Å². The second-order valence-corrected chi connectivity index (χ2v) is 3.36. The Morgan fingerprint density at radius 3 is 2.81 bits per heavy atom. The molecule has 0 saturated heterocycles. The van der Waals surface area contributed by atoms with Gasteiger partial charge < -0.3 is 4.74 Å². The van der Waals surface area contributed by atoms with Crippen LogP contribution in [0.3, 0.4) is 0 Å². The summed E-state index contributed by atoms with van der Waals surface area (Å²) in [4.78, 5) is 25.3. The number of carbonyl (C=O) groups excluding carboxylic acids is 1. The number of rotatable bonds is 4. The average Bonchev–Trinajstić information content (AvgIpc) is 2.28. The fraction of sp³-hybridized carbons (Fsp3) is 0.333. The van der Waals surface area contributed by atoms with Gasteiger partial charge in [0.15, 0.2) is 0 Å². The highest BCUT2D eigenvalue weighted by Gasteiger charge is 2.22. The van der Waals surface area contributed by atoms with Crippen molar-refractivity contribution in [2.24, 2.45) is 0 Å². The highest BCUT2D eigenvalue weighted by atomic mass is 79.9. The highest BCUT2D eigenvalue weighted by molar-refractivity contribution is 9.08. The predicted octanol–water partition coefficient (Wildman–Crippen LogP) is 2.06. The van der Waals surface area contributed by atoms with Gasteiger partial charge in [-0.1, -0.05) is 15.9 Å². The summed E-state index contributed by atoms with van der Waals surface area (Å²) in [6.07, 6.45) is 2.38. The summed E-state index contributed by atoms with van der Waals surface area (Å²) in [6.45, 7) is 1.87. The van der Waals surface area contributed by atoms with Gasteiger partial charge in [0.1, 0.15) is 6.20 Å². The topological polar surface area (TPSA) is 82.3 Å². The van der Waals surface area contributed by atoms with Gasteiger partial charge in [-0.15, -0.1) is 0 Å². The minimum atomic E-state index is -0.604. The molecule has 0 atom stereocenters. The molecule has 86 valence electrons. The lowest BCUT2D eigenvalue weighted by molar-refractivity contribution is -0.385. The van der Waals surface area contributed by atoms with E-state index in [9.17, 15) is 14.9 Å². The summed E-state index contributed by atoms with van der Waals surface area (Å²) in [5, 5.41) is 10.9. The summed E-state index contributed by atoms with van der Waals surface area (Å²) >= 11 is 3.11. The number of pyridine rings is 1. The zero-order valence-electron chi connectivity index (χ0n) is 8.47. The molecule has 0 spiro atoms. The number of nitrogens with zero attached hydrogens (tertiary/aromatic N) is 2. The minimum Gasteiger partial charge on any atom is -0.462 e. The lowest BCUT2D eigenvalue weighted by Crippen LogP contribution is -2.10. The molecule has 0 unspecified atom stereocenters. The molecular formula is C9H9BrN2O4. The van der Waals surface area contributed by atoms with Gasteiger partial charge >= 0.3 is 5.97 Å². The van der Waals surface area contributed by atoms with Crippen molar-refractivity contribution < 1.29 is 14.5 Å². The van der Waals surface area contributed by atoms with Crippen molar-refractivity contribution in [3.8, 4) is 0 Å². The molecule has 6 nitrogen and oxygen atoms in total. The first-order valence-corrected chi connectivity index (χ1v) is 5.58. The molecule has 0 fully saturated rings. The lowest BCUT2D eigenvalue weighted by atomic mass is 10.1. The molecule has 16 heavy (non-hydrogen) atoms. The Hall–Kier alpha value is -1.50. The molecule has 0 radical (unpaired) electrons. The smallest absolute Gasteiger partial charge is 0.340 e. The molecule has 0 aliphatic carbocycles. The summed E-state index contributed by atoms with van der Waals surface area (Å²) in [5.74, 6) is -0.604. The zero-order chi connectivity index (χ0) is 12.1. The van der Waals surface area contributed by atoms with Gasteiger partial charge in [-0.05, 0) is 6.92 Å². The maximum absolute atomic E-state index is 11.5. The number of esters is 1. The molecule has 1 heterocycles. The number of nitro groups is 1. The normalized spacial score (nSPS) is 9.88. The molecule has 1 rings (SSSR count). The number of aromatic nitrogens is 1. The molecule has 1 aromatic rings. The van der Waals surface area contributed by atoms with Crippen molar-refractivity contribution in [2.45, 2.75) is 12.3 Å². The van der Waals surface area contributed by atoms with E-state index < -0.39 is 10.9 Å². The van der Waals surface area contributed by atoms with Gasteiger partial charge in [-0.3, -0.25) is 15.1 Å². The molecular weight excluding hydrogens is 280 g/mol. The number of hydrogen-bond acceptors (Lipinski definition) is 5. The van der Waals surface area contributed by atoms with Crippen LogP contribution in [-0.2, 0) is 10.1 Å². The van der Waals surface area contributed by atoms with Gasteiger partial charge in [0, 0.05) is 11.5 Å². The number of carbonyl (C=O) groups is 1. The Balaban J connectivity index is 3.24. The fourth-order valence-electron chi connectivity index (χ4n) is 1.16.